The summed E-state index contributed by atoms with van der Waals surface area (Å²) in [5.74, 6) is 0.802. The van der Waals surface area contributed by atoms with Crippen LogP contribution in [0.4, 0.5) is 17.2 Å². The second kappa shape index (κ2) is 7.43. The summed E-state index contributed by atoms with van der Waals surface area (Å²) in [5, 5.41) is 15.3. The molecule has 2 aromatic carbocycles. The van der Waals surface area contributed by atoms with Gasteiger partial charge >= 0.3 is 0 Å². The van der Waals surface area contributed by atoms with Crippen LogP contribution in [0.3, 0.4) is 0 Å². The van der Waals surface area contributed by atoms with E-state index in [2.05, 4.69) is 10.3 Å². The van der Waals surface area contributed by atoms with Gasteiger partial charge in [-0.25, -0.2) is 13.4 Å². The molecule has 1 heterocycles. The highest BCUT2D eigenvalue weighted by Gasteiger charge is 2.22. The zero-order valence-electron chi connectivity index (χ0n) is 15.7. The maximum absolute atomic E-state index is 11.9. The molecule has 0 radical (unpaired) electrons. The second-order valence-electron chi connectivity index (χ2n) is 6.62. The predicted molar refractivity (Wildman–Crippen MR) is 110 cm³/mol. The maximum Gasteiger partial charge on any atom is 0.288 e. The van der Waals surface area contributed by atoms with Gasteiger partial charge in [-0.05, 0) is 29.8 Å². The van der Waals surface area contributed by atoms with Crippen LogP contribution in [-0.2, 0) is 16.4 Å². The van der Waals surface area contributed by atoms with Gasteiger partial charge < -0.3 is 10.2 Å². The molecule has 28 heavy (non-hydrogen) atoms. The lowest BCUT2D eigenvalue weighted by atomic mass is 10.1. The average Bonchev–Trinajstić information content (AvgIpc) is 2.64. The Morgan fingerprint density at radius 3 is 2.50 bits per heavy atom. The molecule has 0 spiro atoms. The Labute approximate surface area is 162 Å². The van der Waals surface area contributed by atoms with E-state index in [1.165, 1.54) is 18.2 Å². The largest absolute Gasteiger partial charge is 0.381 e. The number of rotatable bonds is 6. The first-order valence-corrected chi connectivity index (χ1v) is 10.3. The van der Waals surface area contributed by atoms with Crippen LogP contribution in [0.25, 0.3) is 10.9 Å². The van der Waals surface area contributed by atoms with E-state index in [1.807, 2.05) is 49.3 Å². The molecule has 8 nitrogen and oxygen atoms in total. The fourth-order valence-corrected chi connectivity index (χ4v) is 3.74. The number of pyridine rings is 1. The van der Waals surface area contributed by atoms with E-state index in [9.17, 15) is 18.5 Å². The Hall–Kier alpha value is -3.20. The number of benzene rings is 2. The molecule has 146 valence electrons. The number of hydrogen-bond donors (Lipinski definition) is 1. The van der Waals surface area contributed by atoms with E-state index >= 15 is 0 Å². The molecule has 0 saturated carbocycles. The van der Waals surface area contributed by atoms with E-state index in [-0.39, 0.29) is 4.90 Å². The highest BCUT2D eigenvalue weighted by Crippen LogP contribution is 2.28. The van der Waals surface area contributed by atoms with Crippen LogP contribution in [0.5, 0.6) is 0 Å². The third-order valence-corrected chi connectivity index (χ3v) is 5.41. The van der Waals surface area contributed by atoms with Gasteiger partial charge in [-0.1, -0.05) is 18.2 Å². The molecule has 0 saturated heterocycles. The maximum atomic E-state index is 11.9. The summed E-state index contributed by atoms with van der Waals surface area (Å²) in [6.45, 7) is 0.408. The van der Waals surface area contributed by atoms with Crippen LogP contribution < -0.4 is 10.2 Å². The third-order valence-electron chi connectivity index (χ3n) is 4.29. The van der Waals surface area contributed by atoms with Crippen molar-refractivity contribution in [1.82, 2.24) is 4.98 Å². The number of nitro benzene ring substituents is 1. The zero-order chi connectivity index (χ0) is 20.5. The summed E-state index contributed by atoms with van der Waals surface area (Å²) in [6.07, 6.45) is 0.957. The first kappa shape index (κ1) is 19.6. The van der Waals surface area contributed by atoms with Crippen molar-refractivity contribution in [1.29, 1.82) is 0 Å². The molecular weight excluding hydrogens is 380 g/mol. The number of nitrogens with one attached hydrogen (secondary N) is 1. The van der Waals surface area contributed by atoms with Crippen molar-refractivity contribution in [3.63, 3.8) is 0 Å². The number of fused-ring (bicyclic) bond motifs is 1. The third kappa shape index (κ3) is 4.04. The second-order valence-corrected chi connectivity index (χ2v) is 8.60. The minimum Gasteiger partial charge on any atom is -0.381 e. The van der Waals surface area contributed by atoms with Gasteiger partial charge in [0.2, 0.25) is 0 Å². The van der Waals surface area contributed by atoms with Gasteiger partial charge in [-0.15, -0.1) is 0 Å². The molecule has 3 rings (SSSR count). The van der Waals surface area contributed by atoms with Crippen LogP contribution >= 0.6 is 0 Å². The SMILES string of the molecule is CN(C)c1cc(CNc2ccc([N+](=O)[O-])c(S(C)(=O)=O)c2)c2ccccc2n1. The average molecular weight is 400 g/mol. The van der Waals surface area contributed by atoms with Gasteiger partial charge in [-0.2, -0.15) is 0 Å². The highest BCUT2D eigenvalue weighted by molar-refractivity contribution is 7.90. The van der Waals surface area contributed by atoms with Crippen molar-refractivity contribution in [3.8, 4) is 0 Å². The summed E-state index contributed by atoms with van der Waals surface area (Å²) in [6, 6.07) is 13.7. The van der Waals surface area contributed by atoms with E-state index in [0.29, 0.717) is 12.2 Å². The summed E-state index contributed by atoms with van der Waals surface area (Å²) >= 11 is 0. The van der Waals surface area contributed by atoms with Crippen molar-refractivity contribution in [2.24, 2.45) is 0 Å². The molecule has 0 aliphatic rings. The fourth-order valence-electron chi connectivity index (χ4n) is 2.88. The van der Waals surface area contributed by atoms with Crippen LogP contribution in [0.15, 0.2) is 53.4 Å². The van der Waals surface area contributed by atoms with Gasteiger partial charge in [0.1, 0.15) is 10.7 Å². The highest BCUT2D eigenvalue weighted by atomic mass is 32.2. The van der Waals surface area contributed by atoms with Gasteiger partial charge in [0.25, 0.3) is 5.69 Å². The first-order chi connectivity index (χ1) is 13.2. The molecule has 0 amide bonds. The molecule has 9 heteroatoms. The number of sulfone groups is 1. The molecule has 1 N–H and O–H groups in total. The van der Waals surface area contributed by atoms with E-state index < -0.39 is 20.4 Å². The van der Waals surface area contributed by atoms with Crippen LogP contribution in [-0.4, -0.2) is 38.7 Å². The Bertz CT molecular complexity index is 1160. The Morgan fingerprint density at radius 1 is 1.14 bits per heavy atom. The molecule has 0 aliphatic carbocycles. The summed E-state index contributed by atoms with van der Waals surface area (Å²) in [7, 11) is 0.0767. The van der Waals surface area contributed by atoms with Crippen molar-refractivity contribution in [2.75, 3.05) is 30.6 Å². The number of anilines is 2. The topological polar surface area (TPSA) is 105 Å². The van der Waals surface area contributed by atoms with Gasteiger partial charge in [0, 0.05) is 44.0 Å². The van der Waals surface area contributed by atoms with Crippen molar-refractivity contribution in [3.05, 3.63) is 64.2 Å². The van der Waals surface area contributed by atoms with Gasteiger partial charge in [0.15, 0.2) is 9.84 Å². The molecule has 0 atom stereocenters. The number of para-hydroxylation sites is 1. The number of aromatic nitrogens is 1. The first-order valence-electron chi connectivity index (χ1n) is 8.45. The zero-order valence-corrected chi connectivity index (χ0v) is 16.5. The Morgan fingerprint density at radius 2 is 1.86 bits per heavy atom. The smallest absolute Gasteiger partial charge is 0.288 e. The Balaban J connectivity index is 1.98. The summed E-state index contributed by atoms with van der Waals surface area (Å²) in [4.78, 5) is 16.6. The quantitative estimate of drug-likeness (QED) is 0.500. The molecule has 0 aliphatic heterocycles. The van der Waals surface area contributed by atoms with Crippen molar-refractivity contribution >= 4 is 37.9 Å². The predicted octanol–water partition coefficient (Wildman–Crippen LogP) is 3.22. The molecule has 1 aromatic heterocycles. The normalized spacial score (nSPS) is 11.4. The number of hydrogen-bond acceptors (Lipinski definition) is 7. The lowest BCUT2D eigenvalue weighted by molar-refractivity contribution is -0.387. The fraction of sp³-hybridized carbons (Fsp3) is 0.211. The van der Waals surface area contributed by atoms with Crippen molar-refractivity contribution in [2.45, 2.75) is 11.4 Å². The molecule has 3 aromatic rings. The standard InChI is InChI=1S/C19H20N4O4S/c1-22(2)19-10-13(15-6-4-5-7-16(15)21-19)12-20-14-8-9-17(23(24)25)18(11-14)28(3,26)27/h4-11,20H,12H2,1-3H3. The minimum atomic E-state index is -3.73. The Kier molecular flexibility index (Phi) is 5.19. The van der Waals surface area contributed by atoms with Crippen LogP contribution in [0.2, 0.25) is 0 Å². The van der Waals surface area contributed by atoms with Gasteiger partial charge in [-0.3, -0.25) is 10.1 Å². The lowest BCUT2D eigenvalue weighted by Gasteiger charge is -2.16. The summed E-state index contributed by atoms with van der Waals surface area (Å²) < 4.78 is 23.9. The van der Waals surface area contributed by atoms with E-state index in [1.54, 1.807) is 0 Å². The molecule has 0 unspecified atom stereocenters. The molecule has 0 bridgehead atoms. The van der Waals surface area contributed by atoms with Gasteiger partial charge in [0.05, 0.1) is 10.4 Å². The van der Waals surface area contributed by atoms with Crippen molar-refractivity contribution < 1.29 is 13.3 Å². The lowest BCUT2D eigenvalue weighted by Crippen LogP contribution is -2.12. The number of nitrogens with zero attached hydrogens (tertiary/aromatic N) is 3. The van der Waals surface area contributed by atoms with E-state index in [4.69, 9.17) is 0 Å². The monoisotopic (exact) mass is 400 g/mol. The summed E-state index contributed by atoms with van der Waals surface area (Å²) in [5.41, 5.74) is 1.88. The number of nitro groups is 1. The molecule has 0 fully saturated rings. The minimum absolute atomic E-state index is 0.309. The molecular formula is C19H20N4O4S. The van der Waals surface area contributed by atoms with Crippen LogP contribution in [0, 0.1) is 10.1 Å². The van der Waals surface area contributed by atoms with Crippen LogP contribution in [0.1, 0.15) is 5.56 Å². The van der Waals surface area contributed by atoms with E-state index in [0.717, 1.165) is 28.5 Å².